The lowest BCUT2D eigenvalue weighted by atomic mass is 9.71. The smallest absolute Gasteiger partial charge is 0.422 e. The van der Waals surface area contributed by atoms with E-state index in [1.54, 1.807) is 0 Å². The molecule has 0 spiro atoms. The van der Waals surface area contributed by atoms with Gasteiger partial charge in [0.25, 0.3) is 0 Å². The Balaban J connectivity index is 2.41. The van der Waals surface area contributed by atoms with Crippen LogP contribution < -0.4 is 10.9 Å². The Morgan fingerprint density at radius 2 is 1.77 bits per heavy atom. The molecule has 0 unspecified atom stereocenters. The molecule has 1 aliphatic carbocycles. The van der Waals surface area contributed by atoms with E-state index < -0.39 is 11.7 Å². The van der Waals surface area contributed by atoms with Crippen molar-refractivity contribution in [2.75, 3.05) is 6.61 Å². The fraction of sp³-hybridized carbons (Fsp3) is 0.875. The van der Waals surface area contributed by atoms with Gasteiger partial charge < -0.3 is 9.47 Å². The molecule has 0 aliphatic heterocycles. The Kier molecular flexibility index (Phi) is 6.66. The summed E-state index contributed by atoms with van der Waals surface area (Å²) < 4.78 is 10.4. The molecule has 1 amide bonds. The third-order valence-corrected chi connectivity index (χ3v) is 4.11. The second-order valence-corrected chi connectivity index (χ2v) is 6.90. The van der Waals surface area contributed by atoms with Gasteiger partial charge in [0, 0.05) is 6.04 Å². The maximum atomic E-state index is 12.1. The summed E-state index contributed by atoms with van der Waals surface area (Å²) in [6.45, 7) is 9.75. The molecule has 1 saturated carbocycles. The van der Waals surface area contributed by atoms with Crippen molar-refractivity contribution in [3.05, 3.63) is 0 Å². The normalized spacial score (nSPS) is 25.4. The number of hydrazine groups is 1. The van der Waals surface area contributed by atoms with Crippen LogP contribution in [0, 0.1) is 5.41 Å². The Morgan fingerprint density at radius 1 is 1.18 bits per heavy atom. The Hall–Kier alpha value is -1.30. The van der Waals surface area contributed by atoms with Crippen LogP contribution >= 0.6 is 0 Å². The Morgan fingerprint density at radius 3 is 2.23 bits per heavy atom. The maximum absolute atomic E-state index is 12.1. The topological polar surface area (TPSA) is 76.7 Å². The van der Waals surface area contributed by atoms with Crippen molar-refractivity contribution < 1.29 is 19.1 Å². The van der Waals surface area contributed by atoms with Gasteiger partial charge in [0.1, 0.15) is 5.60 Å². The van der Waals surface area contributed by atoms with E-state index in [-0.39, 0.29) is 17.4 Å². The lowest BCUT2D eigenvalue weighted by Gasteiger charge is -2.37. The molecule has 2 N–H and O–H groups in total. The molecular formula is C16H30N2O4. The molecule has 0 radical (unpaired) electrons. The minimum Gasteiger partial charge on any atom is -0.466 e. The van der Waals surface area contributed by atoms with Crippen LogP contribution in [0.4, 0.5) is 4.79 Å². The van der Waals surface area contributed by atoms with Gasteiger partial charge in [0.15, 0.2) is 0 Å². The zero-order chi connectivity index (χ0) is 16.8. The van der Waals surface area contributed by atoms with Gasteiger partial charge >= 0.3 is 12.1 Å². The first kappa shape index (κ1) is 18.7. The molecule has 0 heterocycles. The number of ether oxygens (including phenoxy) is 2. The maximum Gasteiger partial charge on any atom is 0.422 e. The summed E-state index contributed by atoms with van der Waals surface area (Å²) in [5.41, 5.74) is 4.71. The number of carbonyl (C=O) groups excluding carboxylic acids is 2. The number of amides is 1. The molecule has 22 heavy (non-hydrogen) atoms. The predicted molar refractivity (Wildman–Crippen MR) is 84.1 cm³/mol. The van der Waals surface area contributed by atoms with Gasteiger partial charge in [-0.05, 0) is 59.8 Å². The monoisotopic (exact) mass is 314 g/mol. The summed E-state index contributed by atoms with van der Waals surface area (Å²) in [7, 11) is 0. The van der Waals surface area contributed by atoms with E-state index in [9.17, 15) is 9.59 Å². The Bertz CT molecular complexity index is 382. The van der Waals surface area contributed by atoms with E-state index in [1.165, 1.54) is 0 Å². The zero-order valence-corrected chi connectivity index (χ0v) is 14.5. The third kappa shape index (κ3) is 5.48. The summed E-state index contributed by atoms with van der Waals surface area (Å²) in [4.78, 5) is 23.8. The minimum atomic E-state index is -0.514. The summed E-state index contributed by atoms with van der Waals surface area (Å²) in [6, 6.07) is 0.154. The van der Waals surface area contributed by atoms with Crippen LogP contribution in [-0.4, -0.2) is 30.3 Å². The molecule has 0 aromatic carbocycles. The van der Waals surface area contributed by atoms with Gasteiger partial charge in [-0.3, -0.25) is 10.2 Å². The first-order chi connectivity index (χ1) is 10.2. The molecule has 6 heteroatoms. The second kappa shape index (κ2) is 7.81. The quantitative estimate of drug-likeness (QED) is 0.603. The lowest BCUT2D eigenvalue weighted by molar-refractivity contribution is -0.158. The number of carbonyl (C=O) groups is 2. The van der Waals surface area contributed by atoms with Crippen molar-refractivity contribution in [2.24, 2.45) is 5.41 Å². The molecular weight excluding hydrogens is 284 g/mol. The van der Waals surface area contributed by atoms with Crippen LogP contribution in [0.5, 0.6) is 0 Å². The largest absolute Gasteiger partial charge is 0.466 e. The van der Waals surface area contributed by atoms with Crippen LogP contribution in [0.2, 0.25) is 0 Å². The van der Waals surface area contributed by atoms with Crippen LogP contribution in [0.1, 0.15) is 66.7 Å². The number of rotatable bonds is 5. The average molecular weight is 314 g/mol. The fourth-order valence-electron chi connectivity index (χ4n) is 2.77. The average Bonchev–Trinajstić information content (AvgIpc) is 2.44. The van der Waals surface area contributed by atoms with Gasteiger partial charge in [-0.25, -0.2) is 10.2 Å². The highest BCUT2D eigenvalue weighted by Crippen LogP contribution is 2.40. The van der Waals surface area contributed by atoms with Crippen molar-refractivity contribution in [1.29, 1.82) is 0 Å². The summed E-state index contributed by atoms with van der Waals surface area (Å²) in [5, 5.41) is 0. The fourth-order valence-corrected chi connectivity index (χ4v) is 2.77. The van der Waals surface area contributed by atoms with Crippen LogP contribution in [0.3, 0.4) is 0 Å². The number of hydrogen-bond donors (Lipinski definition) is 2. The summed E-state index contributed by atoms with van der Waals surface area (Å²) >= 11 is 0. The molecule has 0 aromatic heterocycles. The summed E-state index contributed by atoms with van der Waals surface area (Å²) in [6.07, 6.45) is 3.50. The van der Waals surface area contributed by atoms with E-state index in [1.807, 2.05) is 34.6 Å². The Labute approximate surface area is 133 Å². The highest BCUT2D eigenvalue weighted by molar-refractivity contribution is 5.77. The van der Waals surface area contributed by atoms with Crippen molar-refractivity contribution in [1.82, 2.24) is 10.9 Å². The van der Waals surface area contributed by atoms with E-state index in [2.05, 4.69) is 10.9 Å². The lowest BCUT2D eigenvalue weighted by Crippen LogP contribution is -2.49. The zero-order valence-electron chi connectivity index (χ0n) is 14.5. The molecule has 0 saturated heterocycles. The van der Waals surface area contributed by atoms with Gasteiger partial charge in [0.05, 0.1) is 12.0 Å². The van der Waals surface area contributed by atoms with Crippen LogP contribution in [0.25, 0.3) is 0 Å². The van der Waals surface area contributed by atoms with Gasteiger partial charge in [-0.1, -0.05) is 6.92 Å². The molecule has 0 aromatic rings. The number of esters is 1. The van der Waals surface area contributed by atoms with E-state index in [0.29, 0.717) is 6.61 Å². The molecule has 0 atom stereocenters. The molecule has 6 nitrogen and oxygen atoms in total. The van der Waals surface area contributed by atoms with Gasteiger partial charge in [0.2, 0.25) is 0 Å². The molecule has 1 fully saturated rings. The summed E-state index contributed by atoms with van der Waals surface area (Å²) in [5.74, 6) is -0.0870. The SMILES string of the molecule is CCOC(=O)[C@]1(CC)CC[C@H](NNC(=O)OC(C)(C)C)CC1. The standard InChI is InChI=1S/C16H30N2O4/c1-6-16(13(19)21-7-2)10-8-12(9-11-16)17-18-14(20)22-15(3,4)5/h12,17H,6-11H2,1-5H3,(H,18,20)/t12-,16+. The third-order valence-electron chi connectivity index (χ3n) is 4.11. The highest BCUT2D eigenvalue weighted by Gasteiger charge is 2.41. The van der Waals surface area contributed by atoms with Crippen LogP contribution in [-0.2, 0) is 14.3 Å². The van der Waals surface area contributed by atoms with Crippen molar-refractivity contribution >= 4 is 12.1 Å². The van der Waals surface area contributed by atoms with Crippen LogP contribution in [0.15, 0.2) is 0 Å². The minimum absolute atomic E-state index is 0.0870. The van der Waals surface area contributed by atoms with Gasteiger partial charge in [-0.2, -0.15) is 0 Å². The molecule has 1 aliphatic rings. The first-order valence-electron chi connectivity index (χ1n) is 8.14. The van der Waals surface area contributed by atoms with E-state index in [0.717, 1.165) is 32.1 Å². The van der Waals surface area contributed by atoms with Crippen molar-refractivity contribution in [3.63, 3.8) is 0 Å². The second-order valence-electron chi connectivity index (χ2n) is 6.90. The molecule has 128 valence electrons. The first-order valence-corrected chi connectivity index (χ1v) is 8.14. The van der Waals surface area contributed by atoms with E-state index in [4.69, 9.17) is 9.47 Å². The highest BCUT2D eigenvalue weighted by atomic mass is 16.6. The molecule has 0 bridgehead atoms. The van der Waals surface area contributed by atoms with Crippen molar-refractivity contribution in [3.8, 4) is 0 Å². The predicted octanol–water partition coefficient (Wildman–Crippen LogP) is 2.92. The van der Waals surface area contributed by atoms with Gasteiger partial charge in [-0.15, -0.1) is 0 Å². The number of hydrogen-bond acceptors (Lipinski definition) is 5. The van der Waals surface area contributed by atoms with Crippen molar-refractivity contribution in [2.45, 2.75) is 78.4 Å². The molecule has 1 rings (SSSR count). The van der Waals surface area contributed by atoms with E-state index >= 15 is 0 Å². The number of nitrogens with one attached hydrogen (secondary N) is 2.